The molecule has 0 saturated carbocycles. The summed E-state index contributed by atoms with van der Waals surface area (Å²) in [7, 11) is 0. The van der Waals surface area contributed by atoms with Gasteiger partial charge in [0.15, 0.2) is 0 Å². The van der Waals surface area contributed by atoms with Crippen LogP contribution < -0.4 is 0 Å². The Morgan fingerprint density at radius 2 is 1.65 bits per heavy atom. The lowest BCUT2D eigenvalue weighted by Gasteiger charge is -2.05. The van der Waals surface area contributed by atoms with Crippen molar-refractivity contribution in [2.75, 3.05) is 0 Å². The van der Waals surface area contributed by atoms with Crippen LogP contribution in [0.15, 0.2) is 18.2 Å². The molecule has 0 spiro atoms. The molecule has 0 aromatic heterocycles. The van der Waals surface area contributed by atoms with Crippen molar-refractivity contribution in [3.05, 3.63) is 34.9 Å². The maximum atomic E-state index is 10.9. The molecule has 0 aliphatic carbocycles. The Kier molecular flexibility index (Phi) is 3.82. The Hall–Kier alpha value is -2.37. The number of carboxylic acids is 3. The van der Waals surface area contributed by atoms with Gasteiger partial charge in [0.2, 0.25) is 0 Å². The number of rotatable bonds is 5. The zero-order valence-corrected chi connectivity index (χ0v) is 8.71. The zero-order chi connectivity index (χ0) is 13.0. The van der Waals surface area contributed by atoms with Crippen LogP contribution in [-0.4, -0.2) is 33.2 Å². The van der Waals surface area contributed by atoms with Gasteiger partial charge in [0.1, 0.15) is 0 Å². The summed E-state index contributed by atoms with van der Waals surface area (Å²) in [6.45, 7) is 0. The number of aliphatic carboxylic acids is 1. The highest BCUT2D eigenvalue weighted by molar-refractivity contribution is 5.94. The maximum Gasteiger partial charge on any atom is 0.335 e. The summed E-state index contributed by atoms with van der Waals surface area (Å²) in [6.07, 6.45) is -0.149. The molecule has 0 aliphatic rings. The molecule has 0 aliphatic heterocycles. The van der Waals surface area contributed by atoms with E-state index in [-0.39, 0.29) is 24.0 Å². The molecular formula is C11H10O6. The first kappa shape index (κ1) is 12.7. The topological polar surface area (TPSA) is 112 Å². The third kappa shape index (κ3) is 3.30. The molecule has 1 rings (SSSR count). The summed E-state index contributed by atoms with van der Waals surface area (Å²) in [5.41, 5.74) is -0.00229. The van der Waals surface area contributed by atoms with Crippen LogP contribution >= 0.6 is 0 Å². The van der Waals surface area contributed by atoms with Crippen LogP contribution in [0.4, 0.5) is 0 Å². The molecule has 0 radical (unpaired) electrons. The third-order valence-corrected chi connectivity index (χ3v) is 2.20. The molecule has 0 amide bonds. The van der Waals surface area contributed by atoms with E-state index in [1.807, 2.05) is 0 Å². The minimum atomic E-state index is -1.27. The molecule has 0 bridgehead atoms. The predicted molar refractivity (Wildman–Crippen MR) is 56.3 cm³/mol. The summed E-state index contributed by atoms with van der Waals surface area (Å²) in [5, 5.41) is 26.1. The van der Waals surface area contributed by atoms with E-state index in [0.717, 1.165) is 6.07 Å². The fourth-order valence-electron chi connectivity index (χ4n) is 1.37. The van der Waals surface area contributed by atoms with E-state index in [4.69, 9.17) is 15.3 Å². The van der Waals surface area contributed by atoms with E-state index in [1.165, 1.54) is 12.1 Å². The second-order valence-electron chi connectivity index (χ2n) is 3.38. The first-order valence-electron chi connectivity index (χ1n) is 4.73. The lowest BCUT2D eigenvalue weighted by molar-refractivity contribution is -0.136. The predicted octanol–water partition coefficient (Wildman–Crippen LogP) is 1.10. The fraction of sp³-hybridized carbons (Fsp3) is 0.182. The number of hydrogen-bond acceptors (Lipinski definition) is 3. The molecule has 1 aromatic rings. The molecule has 17 heavy (non-hydrogen) atoms. The van der Waals surface area contributed by atoms with Crippen molar-refractivity contribution in [1.29, 1.82) is 0 Å². The van der Waals surface area contributed by atoms with Gasteiger partial charge in [0, 0.05) is 6.42 Å². The Morgan fingerprint density at radius 1 is 1.00 bits per heavy atom. The first-order valence-corrected chi connectivity index (χ1v) is 4.73. The lowest BCUT2D eigenvalue weighted by Crippen LogP contribution is -2.08. The van der Waals surface area contributed by atoms with Crippen LogP contribution in [-0.2, 0) is 11.2 Å². The summed E-state index contributed by atoms with van der Waals surface area (Å²) in [5.74, 6) is -3.53. The van der Waals surface area contributed by atoms with E-state index in [1.54, 1.807) is 0 Å². The molecule has 1 aromatic carbocycles. The van der Waals surface area contributed by atoms with Crippen molar-refractivity contribution in [2.45, 2.75) is 12.8 Å². The average Bonchev–Trinajstić information content (AvgIpc) is 2.25. The van der Waals surface area contributed by atoms with Crippen LogP contribution in [0, 0.1) is 0 Å². The zero-order valence-electron chi connectivity index (χ0n) is 8.71. The van der Waals surface area contributed by atoms with Crippen molar-refractivity contribution >= 4 is 17.9 Å². The number of carbonyl (C=O) groups is 3. The van der Waals surface area contributed by atoms with Gasteiger partial charge in [-0.1, -0.05) is 6.07 Å². The fourth-order valence-corrected chi connectivity index (χ4v) is 1.37. The minimum Gasteiger partial charge on any atom is -0.481 e. The molecule has 0 atom stereocenters. The highest BCUT2D eigenvalue weighted by Crippen LogP contribution is 2.14. The van der Waals surface area contributed by atoms with Gasteiger partial charge >= 0.3 is 17.9 Å². The monoisotopic (exact) mass is 238 g/mol. The van der Waals surface area contributed by atoms with Crippen LogP contribution in [0.1, 0.15) is 32.7 Å². The standard InChI is InChI=1S/C11H10O6/c12-9(13)4-3-6-1-2-7(10(14)15)5-8(6)11(16)17/h1-2,5H,3-4H2,(H,12,13)(H,14,15)(H,16,17). The largest absolute Gasteiger partial charge is 0.481 e. The maximum absolute atomic E-state index is 10.9. The Labute approximate surface area is 96.1 Å². The van der Waals surface area contributed by atoms with Gasteiger partial charge in [0.05, 0.1) is 11.1 Å². The molecule has 0 unspecified atom stereocenters. The Bertz CT molecular complexity index is 477. The molecule has 0 fully saturated rings. The number of carboxylic acid groups (broad SMARTS) is 3. The van der Waals surface area contributed by atoms with Crippen molar-refractivity contribution < 1.29 is 29.7 Å². The van der Waals surface area contributed by atoms with Gasteiger partial charge in [-0.2, -0.15) is 0 Å². The molecule has 90 valence electrons. The summed E-state index contributed by atoms with van der Waals surface area (Å²) < 4.78 is 0. The molecule has 0 saturated heterocycles. The first-order chi connectivity index (χ1) is 7.91. The van der Waals surface area contributed by atoms with Gasteiger partial charge < -0.3 is 15.3 Å². The molecule has 3 N–H and O–H groups in total. The van der Waals surface area contributed by atoms with E-state index >= 15 is 0 Å². The van der Waals surface area contributed by atoms with Crippen LogP contribution in [0.25, 0.3) is 0 Å². The Balaban J connectivity index is 3.08. The lowest BCUT2D eigenvalue weighted by atomic mass is 10.00. The van der Waals surface area contributed by atoms with Gasteiger partial charge in [0.25, 0.3) is 0 Å². The van der Waals surface area contributed by atoms with E-state index in [9.17, 15) is 14.4 Å². The third-order valence-electron chi connectivity index (χ3n) is 2.20. The molecule has 6 nitrogen and oxygen atoms in total. The van der Waals surface area contributed by atoms with Crippen molar-refractivity contribution in [3.8, 4) is 0 Å². The SMILES string of the molecule is O=C(O)CCc1ccc(C(=O)O)cc1C(=O)O. The normalized spacial score (nSPS) is 9.88. The highest BCUT2D eigenvalue weighted by atomic mass is 16.4. The van der Waals surface area contributed by atoms with E-state index in [2.05, 4.69) is 0 Å². The smallest absolute Gasteiger partial charge is 0.335 e. The van der Waals surface area contributed by atoms with Gasteiger partial charge in [-0.05, 0) is 24.1 Å². The Morgan fingerprint density at radius 3 is 2.12 bits per heavy atom. The molecule has 0 heterocycles. The summed E-state index contributed by atoms with van der Waals surface area (Å²) >= 11 is 0. The van der Waals surface area contributed by atoms with E-state index in [0.29, 0.717) is 5.56 Å². The summed E-state index contributed by atoms with van der Waals surface area (Å²) in [4.78, 5) is 32.0. The van der Waals surface area contributed by atoms with Crippen LogP contribution in [0.5, 0.6) is 0 Å². The van der Waals surface area contributed by atoms with Crippen LogP contribution in [0.3, 0.4) is 0 Å². The summed E-state index contributed by atoms with van der Waals surface area (Å²) in [6, 6.07) is 3.61. The quantitative estimate of drug-likeness (QED) is 0.708. The van der Waals surface area contributed by atoms with Crippen molar-refractivity contribution in [1.82, 2.24) is 0 Å². The van der Waals surface area contributed by atoms with Crippen molar-refractivity contribution in [2.24, 2.45) is 0 Å². The highest BCUT2D eigenvalue weighted by Gasteiger charge is 2.14. The van der Waals surface area contributed by atoms with Gasteiger partial charge in [-0.3, -0.25) is 4.79 Å². The van der Waals surface area contributed by atoms with Crippen LogP contribution in [0.2, 0.25) is 0 Å². The molecule has 6 heteroatoms. The second-order valence-corrected chi connectivity index (χ2v) is 3.38. The second kappa shape index (κ2) is 5.11. The molecular weight excluding hydrogens is 228 g/mol. The average molecular weight is 238 g/mol. The number of aromatic carboxylic acids is 2. The number of aryl methyl sites for hydroxylation is 1. The van der Waals surface area contributed by atoms with Gasteiger partial charge in [-0.25, -0.2) is 9.59 Å². The minimum absolute atomic E-state index is 0.0524. The number of benzene rings is 1. The van der Waals surface area contributed by atoms with E-state index < -0.39 is 17.9 Å². The van der Waals surface area contributed by atoms with Crippen molar-refractivity contribution in [3.63, 3.8) is 0 Å². The number of hydrogen-bond donors (Lipinski definition) is 3. The van der Waals surface area contributed by atoms with Gasteiger partial charge in [-0.15, -0.1) is 0 Å².